The van der Waals surface area contributed by atoms with Gasteiger partial charge < -0.3 is 14.4 Å². The molecule has 0 bridgehead atoms. The lowest BCUT2D eigenvalue weighted by molar-refractivity contribution is -0.138. The van der Waals surface area contributed by atoms with Gasteiger partial charge in [0.25, 0.3) is 0 Å². The molecule has 2 saturated heterocycles. The number of likely N-dealkylation sites (tertiary alicyclic amines) is 1. The number of rotatable bonds is 6. The molecule has 0 N–H and O–H groups in total. The van der Waals surface area contributed by atoms with Crippen molar-refractivity contribution < 1.29 is 14.3 Å². The van der Waals surface area contributed by atoms with Crippen molar-refractivity contribution in [3.05, 3.63) is 22.4 Å². The Labute approximate surface area is 142 Å². The fourth-order valence-electron chi connectivity index (χ4n) is 3.43. The Kier molecular flexibility index (Phi) is 5.69. The number of likely N-dealkylation sites (N-methyl/N-ethyl adjacent to an activating group) is 1. The minimum absolute atomic E-state index is 0.00138. The Morgan fingerprint density at radius 2 is 2.30 bits per heavy atom. The summed E-state index contributed by atoms with van der Waals surface area (Å²) in [6.07, 6.45) is 3.72. The fourth-order valence-corrected chi connectivity index (χ4v) is 4.09. The molecule has 3 rings (SSSR count). The van der Waals surface area contributed by atoms with E-state index in [1.165, 1.54) is 5.56 Å². The van der Waals surface area contributed by atoms with Gasteiger partial charge in [-0.2, -0.15) is 11.3 Å². The van der Waals surface area contributed by atoms with E-state index in [0.29, 0.717) is 18.8 Å². The van der Waals surface area contributed by atoms with Crippen molar-refractivity contribution in [3.8, 4) is 0 Å². The van der Waals surface area contributed by atoms with Crippen molar-refractivity contribution >= 4 is 17.2 Å². The topological polar surface area (TPSA) is 42.0 Å². The molecule has 1 amide bonds. The molecule has 2 aliphatic heterocycles. The van der Waals surface area contributed by atoms with Crippen LogP contribution in [0, 0.1) is 0 Å². The van der Waals surface area contributed by atoms with Crippen LogP contribution in [0.1, 0.15) is 24.8 Å². The first kappa shape index (κ1) is 16.9. The van der Waals surface area contributed by atoms with Gasteiger partial charge in [0.2, 0.25) is 5.91 Å². The summed E-state index contributed by atoms with van der Waals surface area (Å²) in [5, 5.41) is 4.37. The molecular formula is C17H26N2O3S. The maximum atomic E-state index is 11.5. The van der Waals surface area contributed by atoms with E-state index in [2.05, 4.69) is 21.7 Å². The van der Waals surface area contributed by atoms with E-state index in [4.69, 9.17) is 9.47 Å². The average molecular weight is 338 g/mol. The van der Waals surface area contributed by atoms with Gasteiger partial charge in [-0.3, -0.25) is 9.69 Å². The molecule has 0 saturated carbocycles. The number of hydrogen-bond donors (Lipinski definition) is 0. The summed E-state index contributed by atoms with van der Waals surface area (Å²) >= 11 is 1.76. The zero-order valence-corrected chi connectivity index (χ0v) is 14.8. The summed E-state index contributed by atoms with van der Waals surface area (Å²) in [6, 6.07) is 2.75. The zero-order valence-electron chi connectivity index (χ0n) is 13.9. The molecule has 23 heavy (non-hydrogen) atoms. The van der Waals surface area contributed by atoms with Crippen LogP contribution in [0.5, 0.6) is 0 Å². The monoisotopic (exact) mass is 338 g/mol. The summed E-state index contributed by atoms with van der Waals surface area (Å²) in [5.74, 6) is 0.00138. The average Bonchev–Trinajstić information content (AvgIpc) is 3.17. The SMILES string of the molecule is CN(C)C(=O)COC[C@@H]1CC[C@H]2[C@H](CCN2Cc2ccsc2)O1. The Balaban J connectivity index is 1.42. The highest BCUT2D eigenvalue weighted by atomic mass is 32.1. The smallest absolute Gasteiger partial charge is 0.248 e. The van der Waals surface area contributed by atoms with Gasteiger partial charge >= 0.3 is 0 Å². The molecule has 128 valence electrons. The van der Waals surface area contributed by atoms with Gasteiger partial charge in [0.15, 0.2) is 0 Å². The summed E-state index contributed by atoms with van der Waals surface area (Å²) in [4.78, 5) is 15.6. The minimum Gasteiger partial charge on any atom is -0.371 e. The van der Waals surface area contributed by atoms with Crippen LogP contribution in [0.15, 0.2) is 16.8 Å². The normalized spacial score (nSPS) is 27.8. The fraction of sp³-hybridized carbons (Fsp3) is 0.706. The van der Waals surface area contributed by atoms with Crippen molar-refractivity contribution in [2.75, 3.05) is 33.9 Å². The Hall–Kier alpha value is -0.950. The number of fused-ring (bicyclic) bond motifs is 1. The second kappa shape index (κ2) is 7.75. The number of hydrogen-bond acceptors (Lipinski definition) is 5. The molecule has 3 heterocycles. The molecule has 0 unspecified atom stereocenters. The highest BCUT2D eigenvalue weighted by Crippen LogP contribution is 2.32. The van der Waals surface area contributed by atoms with Crippen molar-refractivity contribution in [2.24, 2.45) is 0 Å². The first-order valence-corrected chi connectivity index (χ1v) is 9.26. The van der Waals surface area contributed by atoms with Gasteiger partial charge in [-0.25, -0.2) is 0 Å². The van der Waals surface area contributed by atoms with Crippen LogP contribution in [-0.2, 0) is 20.8 Å². The maximum Gasteiger partial charge on any atom is 0.248 e. The molecule has 1 aromatic heterocycles. The number of ether oxygens (including phenoxy) is 2. The molecule has 0 aliphatic carbocycles. The lowest BCUT2D eigenvalue weighted by atomic mass is 9.99. The molecule has 2 fully saturated rings. The van der Waals surface area contributed by atoms with Crippen LogP contribution in [0.4, 0.5) is 0 Å². The largest absolute Gasteiger partial charge is 0.371 e. The highest BCUT2D eigenvalue weighted by Gasteiger charge is 2.39. The van der Waals surface area contributed by atoms with Crippen LogP contribution in [0.3, 0.4) is 0 Å². The van der Waals surface area contributed by atoms with Gasteiger partial charge in [0.1, 0.15) is 6.61 Å². The standard InChI is InChI=1S/C17H26N2O3S/c1-18(2)17(20)11-21-10-14-3-4-15-16(22-14)5-7-19(15)9-13-6-8-23-12-13/h6,8,12,14-16H,3-5,7,9-11H2,1-2H3/t14-,15-,16-/m0/s1. The highest BCUT2D eigenvalue weighted by molar-refractivity contribution is 7.07. The molecule has 3 atom stereocenters. The summed E-state index contributed by atoms with van der Waals surface area (Å²) < 4.78 is 11.7. The van der Waals surface area contributed by atoms with E-state index in [0.717, 1.165) is 32.4 Å². The molecule has 5 nitrogen and oxygen atoms in total. The van der Waals surface area contributed by atoms with E-state index >= 15 is 0 Å². The summed E-state index contributed by atoms with van der Waals surface area (Å²) in [5.41, 5.74) is 1.41. The second-order valence-corrected chi connectivity index (χ2v) is 7.42. The van der Waals surface area contributed by atoms with E-state index < -0.39 is 0 Å². The molecule has 6 heteroatoms. The summed E-state index contributed by atoms with van der Waals surface area (Å²) in [7, 11) is 3.49. The van der Waals surface area contributed by atoms with Crippen LogP contribution < -0.4 is 0 Å². The zero-order chi connectivity index (χ0) is 16.2. The van der Waals surface area contributed by atoms with E-state index in [9.17, 15) is 4.79 Å². The predicted octanol–water partition coefficient (Wildman–Crippen LogP) is 1.97. The molecule has 0 radical (unpaired) electrons. The number of carbonyl (C=O) groups excluding carboxylic acids is 1. The van der Waals surface area contributed by atoms with Gasteiger partial charge in [-0.1, -0.05) is 0 Å². The van der Waals surface area contributed by atoms with Gasteiger partial charge in [0, 0.05) is 33.2 Å². The van der Waals surface area contributed by atoms with Gasteiger partial charge in [0.05, 0.1) is 18.8 Å². The third-order valence-electron chi connectivity index (χ3n) is 4.74. The Bertz CT molecular complexity index is 506. The molecule has 1 aromatic rings. The third-order valence-corrected chi connectivity index (χ3v) is 5.48. The van der Waals surface area contributed by atoms with Crippen LogP contribution in [0.2, 0.25) is 0 Å². The number of thiophene rings is 1. The number of amides is 1. The molecular weight excluding hydrogens is 312 g/mol. The van der Waals surface area contributed by atoms with Gasteiger partial charge in [-0.15, -0.1) is 0 Å². The van der Waals surface area contributed by atoms with Crippen LogP contribution >= 0.6 is 11.3 Å². The number of carbonyl (C=O) groups is 1. The van der Waals surface area contributed by atoms with Crippen molar-refractivity contribution in [1.29, 1.82) is 0 Å². The Morgan fingerprint density at radius 1 is 1.43 bits per heavy atom. The van der Waals surface area contributed by atoms with E-state index in [-0.39, 0.29) is 18.6 Å². The molecule has 2 aliphatic rings. The summed E-state index contributed by atoms with van der Waals surface area (Å²) in [6.45, 7) is 2.81. The van der Waals surface area contributed by atoms with Crippen LogP contribution in [0.25, 0.3) is 0 Å². The maximum absolute atomic E-state index is 11.5. The first-order chi connectivity index (χ1) is 11.1. The van der Waals surface area contributed by atoms with Gasteiger partial charge in [-0.05, 0) is 41.7 Å². The lowest BCUT2D eigenvalue weighted by Crippen LogP contribution is -2.43. The number of nitrogens with zero attached hydrogens (tertiary/aromatic N) is 2. The second-order valence-electron chi connectivity index (χ2n) is 6.64. The van der Waals surface area contributed by atoms with E-state index in [1.807, 2.05) is 0 Å². The Morgan fingerprint density at radius 3 is 3.04 bits per heavy atom. The molecule has 0 spiro atoms. The van der Waals surface area contributed by atoms with Crippen molar-refractivity contribution in [1.82, 2.24) is 9.80 Å². The quantitative estimate of drug-likeness (QED) is 0.795. The van der Waals surface area contributed by atoms with Crippen LogP contribution in [-0.4, -0.2) is 67.8 Å². The van der Waals surface area contributed by atoms with E-state index in [1.54, 1.807) is 30.3 Å². The predicted molar refractivity (Wildman–Crippen MR) is 90.5 cm³/mol. The van der Waals surface area contributed by atoms with Crippen molar-refractivity contribution in [2.45, 2.75) is 44.1 Å². The first-order valence-electron chi connectivity index (χ1n) is 8.32. The third kappa shape index (κ3) is 4.32. The van der Waals surface area contributed by atoms with Crippen molar-refractivity contribution in [3.63, 3.8) is 0 Å². The lowest BCUT2D eigenvalue weighted by Gasteiger charge is -2.36. The molecule has 0 aromatic carbocycles. The minimum atomic E-state index is 0.00138.